The summed E-state index contributed by atoms with van der Waals surface area (Å²) >= 11 is 0. The van der Waals surface area contributed by atoms with E-state index in [0.717, 1.165) is 35.3 Å². The van der Waals surface area contributed by atoms with Crippen LogP contribution in [0.1, 0.15) is 29.8 Å². The van der Waals surface area contributed by atoms with Gasteiger partial charge in [-0.1, -0.05) is 12.1 Å². The molecule has 8 heteroatoms. The first-order valence-corrected chi connectivity index (χ1v) is 10.8. The fraction of sp³-hybridized carbons (Fsp3) is 0.240. The summed E-state index contributed by atoms with van der Waals surface area (Å²) in [5.74, 6) is 1.32. The van der Waals surface area contributed by atoms with Crippen LogP contribution in [0.4, 0.5) is 0 Å². The van der Waals surface area contributed by atoms with Gasteiger partial charge in [0.1, 0.15) is 36.4 Å². The Morgan fingerprint density at radius 3 is 2.70 bits per heavy atom. The molecule has 0 amide bonds. The zero-order valence-electron chi connectivity index (χ0n) is 18.0. The van der Waals surface area contributed by atoms with Crippen molar-refractivity contribution >= 4 is 0 Å². The Balaban J connectivity index is 1.32. The van der Waals surface area contributed by atoms with Crippen LogP contribution in [0.5, 0.6) is 5.75 Å². The second-order valence-corrected chi connectivity index (χ2v) is 7.79. The van der Waals surface area contributed by atoms with Crippen LogP contribution in [0, 0.1) is 11.3 Å². The van der Waals surface area contributed by atoms with Gasteiger partial charge in [0.25, 0.3) is 0 Å². The Morgan fingerprint density at radius 1 is 1.09 bits per heavy atom. The van der Waals surface area contributed by atoms with Crippen molar-refractivity contribution < 1.29 is 9.47 Å². The Labute approximate surface area is 191 Å². The molecule has 1 saturated heterocycles. The van der Waals surface area contributed by atoms with E-state index in [1.165, 1.54) is 6.33 Å². The fourth-order valence-electron chi connectivity index (χ4n) is 3.79. The molecular weight excluding hydrogens is 416 g/mol. The van der Waals surface area contributed by atoms with Crippen molar-refractivity contribution in [2.24, 2.45) is 0 Å². The molecule has 4 aromatic rings. The fourth-order valence-corrected chi connectivity index (χ4v) is 3.79. The largest absolute Gasteiger partial charge is 0.489 e. The van der Waals surface area contributed by atoms with Crippen LogP contribution in [0.15, 0.2) is 67.4 Å². The minimum Gasteiger partial charge on any atom is -0.489 e. The maximum atomic E-state index is 9.66. The number of nitrogens with zero attached hydrogens (tertiary/aromatic N) is 6. The van der Waals surface area contributed by atoms with Gasteiger partial charge in [0.15, 0.2) is 0 Å². The second-order valence-electron chi connectivity index (χ2n) is 7.79. The molecule has 0 N–H and O–H groups in total. The first-order chi connectivity index (χ1) is 16.3. The van der Waals surface area contributed by atoms with Crippen molar-refractivity contribution in [1.29, 1.82) is 5.26 Å². The van der Waals surface area contributed by atoms with Crippen molar-refractivity contribution in [2.45, 2.75) is 25.4 Å². The lowest BCUT2D eigenvalue weighted by Crippen LogP contribution is -2.26. The summed E-state index contributed by atoms with van der Waals surface area (Å²) in [6.07, 6.45) is 7.27. The number of hydrogen-bond donors (Lipinski definition) is 0. The van der Waals surface area contributed by atoms with Crippen molar-refractivity contribution in [3.05, 3.63) is 84.3 Å². The van der Waals surface area contributed by atoms with E-state index in [1.54, 1.807) is 17.2 Å². The number of benzene rings is 2. The molecule has 0 bridgehead atoms. The van der Waals surface area contributed by atoms with E-state index < -0.39 is 0 Å². The zero-order valence-corrected chi connectivity index (χ0v) is 18.0. The van der Waals surface area contributed by atoms with Gasteiger partial charge < -0.3 is 9.47 Å². The van der Waals surface area contributed by atoms with Gasteiger partial charge in [-0.3, -0.25) is 0 Å². The van der Waals surface area contributed by atoms with Crippen LogP contribution in [0.2, 0.25) is 0 Å². The van der Waals surface area contributed by atoms with Crippen LogP contribution in [0.3, 0.4) is 0 Å². The van der Waals surface area contributed by atoms with Crippen LogP contribution in [-0.4, -0.2) is 44.1 Å². The lowest BCUT2D eigenvalue weighted by Gasteiger charge is -2.23. The molecule has 8 nitrogen and oxygen atoms in total. The number of rotatable bonds is 6. The van der Waals surface area contributed by atoms with Gasteiger partial charge in [-0.2, -0.15) is 10.4 Å². The molecule has 2 aromatic carbocycles. The summed E-state index contributed by atoms with van der Waals surface area (Å²) in [5, 5.41) is 13.8. The van der Waals surface area contributed by atoms with Crippen molar-refractivity contribution in [1.82, 2.24) is 24.7 Å². The van der Waals surface area contributed by atoms with Gasteiger partial charge in [-0.15, -0.1) is 0 Å². The Bertz CT molecular complexity index is 1260. The molecular formula is C25H22N6O2. The highest BCUT2D eigenvalue weighted by Gasteiger charge is 2.17. The first-order valence-electron chi connectivity index (χ1n) is 10.8. The van der Waals surface area contributed by atoms with Gasteiger partial charge in [0, 0.05) is 31.0 Å². The van der Waals surface area contributed by atoms with Gasteiger partial charge in [-0.05, 0) is 42.0 Å². The smallest absolute Gasteiger partial charge is 0.138 e. The normalized spacial score (nSPS) is 14.0. The number of aromatic nitrogens is 5. The van der Waals surface area contributed by atoms with Gasteiger partial charge in [0.05, 0.1) is 30.2 Å². The van der Waals surface area contributed by atoms with E-state index in [9.17, 15) is 5.26 Å². The minimum absolute atomic E-state index is 0.0818. The average molecular weight is 438 g/mol. The van der Waals surface area contributed by atoms with E-state index in [0.29, 0.717) is 36.8 Å². The van der Waals surface area contributed by atoms with Crippen molar-refractivity contribution in [3.8, 4) is 28.8 Å². The molecule has 1 aliphatic rings. The summed E-state index contributed by atoms with van der Waals surface area (Å²) in [4.78, 5) is 13.1. The maximum absolute atomic E-state index is 9.66. The summed E-state index contributed by atoms with van der Waals surface area (Å²) < 4.78 is 13.2. The molecule has 2 aromatic heterocycles. The number of ether oxygens (including phenoxy) is 2. The molecule has 3 heterocycles. The van der Waals surface area contributed by atoms with E-state index in [1.807, 2.05) is 48.5 Å². The third-order valence-corrected chi connectivity index (χ3v) is 5.55. The third kappa shape index (κ3) is 4.89. The van der Waals surface area contributed by atoms with Gasteiger partial charge >= 0.3 is 0 Å². The second kappa shape index (κ2) is 9.59. The van der Waals surface area contributed by atoms with E-state index in [4.69, 9.17) is 14.5 Å². The summed E-state index contributed by atoms with van der Waals surface area (Å²) in [6.45, 7) is 1.38. The quantitative estimate of drug-likeness (QED) is 0.452. The summed E-state index contributed by atoms with van der Waals surface area (Å²) in [6, 6.07) is 17.8. The predicted molar refractivity (Wildman–Crippen MR) is 121 cm³/mol. The zero-order chi connectivity index (χ0) is 22.5. The Kier molecular flexibility index (Phi) is 6.04. The number of nitriles is 1. The third-order valence-electron chi connectivity index (χ3n) is 5.55. The molecule has 0 radical (unpaired) electrons. The average Bonchev–Trinajstić information content (AvgIpc) is 3.41. The van der Waals surface area contributed by atoms with Crippen LogP contribution >= 0.6 is 0 Å². The minimum atomic E-state index is 0.0818. The van der Waals surface area contributed by atoms with E-state index >= 15 is 0 Å². The highest BCUT2D eigenvalue weighted by molar-refractivity contribution is 5.64. The summed E-state index contributed by atoms with van der Waals surface area (Å²) in [5.41, 5.74) is 4.17. The highest BCUT2D eigenvalue weighted by Crippen LogP contribution is 2.27. The van der Waals surface area contributed by atoms with Crippen LogP contribution in [-0.2, 0) is 11.2 Å². The lowest BCUT2D eigenvalue weighted by molar-refractivity contribution is 0.0254. The van der Waals surface area contributed by atoms with E-state index in [-0.39, 0.29) is 6.10 Å². The molecule has 0 atom stereocenters. The molecule has 1 aliphatic heterocycles. The van der Waals surface area contributed by atoms with Crippen LogP contribution < -0.4 is 4.74 Å². The molecule has 33 heavy (non-hydrogen) atoms. The topological polar surface area (TPSA) is 98.7 Å². The highest BCUT2D eigenvalue weighted by atomic mass is 16.5. The molecule has 0 spiro atoms. The maximum Gasteiger partial charge on any atom is 0.138 e. The molecule has 1 fully saturated rings. The predicted octanol–water partition coefficient (Wildman–Crippen LogP) is 3.74. The molecule has 0 unspecified atom stereocenters. The molecule has 0 aliphatic carbocycles. The summed E-state index contributed by atoms with van der Waals surface area (Å²) in [7, 11) is 0. The van der Waals surface area contributed by atoms with Gasteiger partial charge in [-0.25, -0.2) is 19.6 Å². The SMILES string of the molecule is N#Cc1cc(-c2ccnc(Cc3ccc(-n4cncn4)cc3)n2)ccc1OC1CCOCC1. The Morgan fingerprint density at radius 2 is 1.94 bits per heavy atom. The molecule has 164 valence electrons. The molecule has 5 rings (SSSR count). The number of hydrogen-bond acceptors (Lipinski definition) is 7. The van der Waals surface area contributed by atoms with E-state index in [2.05, 4.69) is 21.1 Å². The van der Waals surface area contributed by atoms with Gasteiger partial charge in [0.2, 0.25) is 0 Å². The van der Waals surface area contributed by atoms with Crippen LogP contribution in [0.25, 0.3) is 16.9 Å². The molecule has 0 saturated carbocycles. The monoisotopic (exact) mass is 438 g/mol. The first kappa shape index (κ1) is 20.8. The van der Waals surface area contributed by atoms with Crippen molar-refractivity contribution in [2.75, 3.05) is 13.2 Å². The van der Waals surface area contributed by atoms with Crippen molar-refractivity contribution in [3.63, 3.8) is 0 Å². The Hall–Kier alpha value is -4.09. The lowest BCUT2D eigenvalue weighted by atomic mass is 10.1. The standard InChI is InChI=1S/C25H22N6O2/c26-15-20-14-19(3-6-24(20)33-22-8-11-32-12-9-22)23-7-10-28-25(30-23)13-18-1-4-21(5-2-18)31-17-27-16-29-31/h1-7,10,14,16-17,22H,8-9,11-13H2.